The summed E-state index contributed by atoms with van der Waals surface area (Å²) in [4.78, 5) is 9.15. The van der Waals surface area contributed by atoms with Gasteiger partial charge in [-0.25, -0.2) is 0 Å². The summed E-state index contributed by atoms with van der Waals surface area (Å²) in [6, 6.07) is 13.6. The fraction of sp³-hybridized carbons (Fsp3) is 0.111. The van der Waals surface area contributed by atoms with Gasteiger partial charge in [0.15, 0.2) is 0 Å². The van der Waals surface area contributed by atoms with Crippen LogP contribution in [-0.2, 0) is 20.1 Å². The summed E-state index contributed by atoms with van der Waals surface area (Å²) in [6.07, 6.45) is 3.64. The first kappa shape index (κ1) is 14.1. The predicted octanol–water partition coefficient (Wildman–Crippen LogP) is 4.35. The van der Waals surface area contributed by atoms with E-state index in [0.717, 1.165) is 16.4 Å². The van der Waals surface area contributed by atoms with Crippen LogP contribution in [0.1, 0.15) is 11.1 Å². The van der Waals surface area contributed by atoms with Crippen LogP contribution in [0.5, 0.6) is 0 Å². The van der Waals surface area contributed by atoms with Crippen molar-refractivity contribution in [3.63, 3.8) is 0 Å². The number of nitrogens with zero attached hydrogens (tertiary/aromatic N) is 2. The molecule has 2 nitrogen and oxygen atoms in total. The Balaban J connectivity index is 0.00000132. The summed E-state index contributed by atoms with van der Waals surface area (Å²) in [6.45, 7) is 4.28. The van der Waals surface area contributed by atoms with Crippen molar-refractivity contribution in [1.29, 1.82) is 0 Å². The molecule has 1 radical (unpaired) electrons. The molecule has 0 saturated heterocycles. The van der Waals surface area contributed by atoms with E-state index >= 15 is 0 Å². The van der Waals surface area contributed by atoms with Crippen LogP contribution >= 0.6 is 0 Å². The molecule has 4 aromatic rings. The Labute approximate surface area is 136 Å². The van der Waals surface area contributed by atoms with Crippen molar-refractivity contribution in [3.05, 3.63) is 59.9 Å². The first-order chi connectivity index (χ1) is 9.77. The molecule has 0 fully saturated rings. The molecule has 21 heavy (non-hydrogen) atoms. The zero-order chi connectivity index (χ0) is 13.7. The molecule has 0 amide bonds. The van der Waals surface area contributed by atoms with E-state index in [1.54, 1.807) is 6.20 Å². The zero-order valence-corrected chi connectivity index (χ0v) is 14.2. The predicted molar refractivity (Wildman–Crippen MR) is 82.9 cm³/mol. The third-order valence-electron chi connectivity index (χ3n) is 3.92. The molecule has 2 aromatic carbocycles. The van der Waals surface area contributed by atoms with E-state index < -0.39 is 0 Å². The first-order valence-corrected chi connectivity index (χ1v) is 6.70. The second-order valence-corrected chi connectivity index (χ2v) is 5.16. The number of pyridine rings is 2. The van der Waals surface area contributed by atoms with Crippen LogP contribution in [0.2, 0.25) is 0 Å². The summed E-state index contributed by atoms with van der Waals surface area (Å²) >= 11 is 0. The van der Waals surface area contributed by atoms with Gasteiger partial charge in [0.25, 0.3) is 0 Å². The number of benzene rings is 2. The van der Waals surface area contributed by atoms with Crippen molar-refractivity contribution >= 4 is 32.6 Å². The SMILES string of the molecule is Cc1ccc(C)c2c3ncc[c-]c3c3ncccc3c12.[Ir]. The fourth-order valence-electron chi connectivity index (χ4n) is 3.00. The molecule has 105 valence electrons. The molecule has 0 spiro atoms. The van der Waals surface area contributed by atoms with Gasteiger partial charge >= 0.3 is 0 Å². The van der Waals surface area contributed by atoms with Gasteiger partial charge in [0, 0.05) is 26.3 Å². The van der Waals surface area contributed by atoms with Gasteiger partial charge in [-0.1, -0.05) is 35.3 Å². The van der Waals surface area contributed by atoms with Crippen LogP contribution in [0.25, 0.3) is 32.6 Å². The molecule has 0 N–H and O–H groups in total. The topological polar surface area (TPSA) is 25.8 Å². The van der Waals surface area contributed by atoms with Gasteiger partial charge in [-0.05, 0) is 52.7 Å². The minimum atomic E-state index is 0. The average molecular weight is 450 g/mol. The Hall–Kier alpha value is -1.83. The van der Waals surface area contributed by atoms with Crippen molar-refractivity contribution in [2.75, 3.05) is 0 Å². The minimum absolute atomic E-state index is 0. The van der Waals surface area contributed by atoms with Crippen LogP contribution in [0, 0.1) is 19.9 Å². The van der Waals surface area contributed by atoms with Gasteiger partial charge in [0.05, 0.1) is 0 Å². The first-order valence-electron chi connectivity index (χ1n) is 6.70. The average Bonchev–Trinajstić information content (AvgIpc) is 2.50. The Bertz CT molecular complexity index is 896. The van der Waals surface area contributed by atoms with E-state index in [2.05, 4.69) is 48.1 Å². The molecule has 0 aliphatic carbocycles. The van der Waals surface area contributed by atoms with Crippen molar-refractivity contribution in [2.45, 2.75) is 13.8 Å². The summed E-state index contributed by atoms with van der Waals surface area (Å²) in [5.74, 6) is 0. The van der Waals surface area contributed by atoms with Crippen molar-refractivity contribution in [3.8, 4) is 0 Å². The molecular formula is C18H13IrN2-. The third-order valence-corrected chi connectivity index (χ3v) is 3.92. The maximum atomic E-state index is 4.59. The van der Waals surface area contributed by atoms with Crippen molar-refractivity contribution < 1.29 is 20.1 Å². The molecule has 4 rings (SSSR count). The van der Waals surface area contributed by atoms with E-state index in [-0.39, 0.29) is 20.1 Å². The third kappa shape index (κ3) is 1.96. The van der Waals surface area contributed by atoms with Gasteiger partial charge in [-0.3, -0.25) is 0 Å². The smallest absolute Gasteiger partial charge is 0.0161 e. The molecule has 0 aliphatic rings. The Morgan fingerprint density at radius 1 is 0.857 bits per heavy atom. The van der Waals surface area contributed by atoms with E-state index in [1.807, 2.05) is 18.3 Å². The van der Waals surface area contributed by atoms with Gasteiger partial charge in [0.2, 0.25) is 0 Å². The van der Waals surface area contributed by atoms with Crippen molar-refractivity contribution in [1.82, 2.24) is 9.97 Å². The quantitative estimate of drug-likeness (QED) is 0.295. The standard InChI is InChI=1S/C18H13N2.Ir/c1-11-7-8-12(2)16-15(11)13-5-3-9-19-17(13)14-6-4-10-20-18(14)16;/h3-5,7-10H,1-2H3;/q-1;. The number of fused-ring (bicyclic) bond motifs is 6. The maximum absolute atomic E-state index is 4.59. The molecule has 0 aliphatic heterocycles. The molecule has 0 saturated carbocycles. The van der Waals surface area contributed by atoms with Gasteiger partial charge in [0.1, 0.15) is 0 Å². The number of hydrogen-bond donors (Lipinski definition) is 0. The van der Waals surface area contributed by atoms with Gasteiger partial charge < -0.3 is 9.97 Å². The van der Waals surface area contributed by atoms with Crippen molar-refractivity contribution in [2.24, 2.45) is 0 Å². The monoisotopic (exact) mass is 450 g/mol. The maximum Gasteiger partial charge on any atom is 0.0161 e. The molecule has 2 aromatic heterocycles. The molecule has 0 atom stereocenters. The summed E-state index contributed by atoms with van der Waals surface area (Å²) in [5, 5.41) is 4.66. The second kappa shape index (κ2) is 5.18. The Morgan fingerprint density at radius 2 is 1.57 bits per heavy atom. The van der Waals surface area contributed by atoms with E-state index in [0.29, 0.717) is 0 Å². The van der Waals surface area contributed by atoms with Gasteiger partial charge in [-0.15, -0.1) is 12.1 Å². The normalized spacial score (nSPS) is 11.0. The Morgan fingerprint density at radius 3 is 2.38 bits per heavy atom. The minimum Gasteiger partial charge on any atom is -0.352 e. The van der Waals surface area contributed by atoms with E-state index in [4.69, 9.17) is 0 Å². The van der Waals surface area contributed by atoms with Crippen LogP contribution < -0.4 is 0 Å². The summed E-state index contributed by atoms with van der Waals surface area (Å²) < 4.78 is 0. The Kier molecular flexibility index (Phi) is 3.48. The van der Waals surface area contributed by atoms with Crippen LogP contribution in [0.15, 0.2) is 42.7 Å². The van der Waals surface area contributed by atoms with E-state index in [1.165, 1.54) is 27.3 Å². The van der Waals surface area contributed by atoms with Crippen LogP contribution in [0.3, 0.4) is 0 Å². The molecule has 3 heteroatoms. The molecule has 2 heterocycles. The molecule has 0 unspecified atom stereocenters. The number of aryl methyl sites for hydroxylation is 2. The largest absolute Gasteiger partial charge is 0.352 e. The number of hydrogen-bond acceptors (Lipinski definition) is 2. The zero-order valence-electron chi connectivity index (χ0n) is 11.8. The van der Waals surface area contributed by atoms with Crippen LogP contribution in [0.4, 0.5) is 0 Å². The van der Waals surface area contributed by atoms with Gasteiger partial charge in [-0.2, -0.15) is 0 Å². The van der Waals surface area contributed by atoms with E-state index in [9.17, 15) is 0 Å². The summed E-state index contributed by atoms with van der Waals surface area (Å²) in [5.41, 5.74) is 4.48. The molecular weight excluding hydrogens is 436 g/mol. The fourth-order valence-corrected chi connectivity index (χ4v) is 3.00. The van der Waals surface area contributed by atoms with Crippen LogP contribution in [-0.4, -0.2) is 9.97 Å². The summed E-state index contributed by atoms with van der Waals surface area (Å²) in [7, 11) is 0. The second-order valence-electron chi connectivity index (χ2n) is 5.16. The molecule has 0 bridgehead atoms. The number of rotatable bonds is 0. The number of aromatic nitrogens is 2.